The highest BCUT2D eigenvalue weighted by Crippen LogP contribution is 2.12. The maximum absolute atomic E-state index is 11.5. The number of anilines is 1. The lowest BCUT2D eigenvalue weighted by Crippen LogP contribution is -2.21. The third-order valence-corrected chi connectivity index (χ3v) is 3.84. The van der Waals surface area contributed by atoms with Gasteiger partial charge in [0.15, 0.2) is 5.13 Å². The largest absolute Gasteiger partial charge is 0.317 e. The van der Waals surface area contributed by atoms with Gasteiger partial charge in [-0.25, -0.2) is 13.4 Å². The highest BCUT2D eigenvalue weighted by atomic mass is 32.2. The summed E-state index contributed by atoms with van der Waals surface area (Å²) in [5.74, 6) is 0.125. The summed E-state index contributed by atoms with van der Waals surface area (Å²) in [5, 5.41) is 5.24. The smallest absolute Gasteiger partial charge is 0.234 e. The topological polar surface area (TPSA) is 71.1 Å². The van der Waals surface area contributed by atoms with Crippen molar-refractivity contribution < 1.29 is 8.42 Å². The van der Waals surface area contributed by atoms with Crippen LogP contribution >= 0.6 is 11.3 Å². The third-order valence-electron chi connectivity index (χ3n) is 1.69. The van der Waals surface area contributed by atoms with Crippen LogP contribution in [0.2, 0.25) is 0 Å². The van der Waals surface area contributed by atoms with Gasteiger partial charge in [0.1, 0.15) is 0 Å². The number of hydrogen-bond acceptors (Lipinski definition) is 5. The average molecular weight is 249 g/mol. The predicted octanol–water partition coefficient (Wildman–Crippen LogP) is 0.884. The van der Waals surface area contributed by atoms with Gasteiger partial charge in [0, 0.05) is 11.6 Å². The minimum atomic E-state index is -3.23. The molecule has 0 saturated carbocycles. The third kappa shape index (κ3) is 5.10. The Kier molecular flexibility index (Phi) is 5.00. The van der Waals surface area contributed by atoms with Crippen LogP contribution in [-0.2, 0) is 10.0 Å². The number of rotatable bonds is 7. The van der Waals surface area contributed by atoms with E-state index >= 15 is 0 Å². The predicted molar refractivity (Wildman–Crippen MR) is 62.7 cm³/mol. The zero-order chi connectivity index (χ0) is 11.1. The van der Waals surface area contributed by atoms with Crippen LogP contribution in [-0.4, -0.2) is 32.2 Å². The second kappa shape index (κ2) is 6.04. The van der Waals surface area contributed by atoms with Gasteiger partial charge in [-0.1, -0.05) is 6.92 Å². The van der Waals surface area contributed by atoms with Crippen LogP contribution < -0.4 is 10.0 Å². The second-order valence-corrected chi connectivity index (χ2v) is 5.70. The van der Waals surface area contributed by atoms with Gasteiger partial charge in [-0.15, -0.1) is 11.3 Å². The van der Waals surface area contributed by atoms with Gasteiger partial charge in [0.25, 0.3) is 0 Å². The number of hydrogen-bond donors (Lipinski definition) is 2. The molecule has 1 rings (SSSR count). The fourth-order valence-electron chi connectivity index (χ4n) is 1.02. The van der Waals surface area contributed by atoms with Crippen molar-refractivity contribution in [1.82, 2.24) is 10.3 Å². The van der Waals surface area contributed by atoms with Crippen LogP contribution in [0.1, 0.15) is 13.3 Å². The molecule has 7 heteroatoms. The van der Waals surface area contributed by atoms with Gasteiger partial charge in [-0.3, -0.25) is 4.72 Å². The van der Waals surface area contributed by atoms with Gasteiger partial charge in [-0.2, -0.15) is 0 Å². The van der Waals surface area contributed by atoms with E-state index < -0.39 is 10.0 Å². The second-order valence-electron chi connectivity index (χ2n) is 2.97. The summed E-state index contributed by atoms with van der Waals surface area (Å²) in [6.45, 7) is 3.57. The van der Waals surface area contributed by atoms with E-state index in [4.69, 9.17) is 0 Å². The van der Waals surface area contributed by atoms with Crippen molar-refractivity contribution in [2.24, 2.45) is 0 Å². The Bertz CT molecular complexity index is 361. The van der Waals surface area contributed by atoms with Gasteiger partial charge >= 0.3 is 0 Å². The van der Waals surface area contributed by atoms with Crippen molar-refractivity contribution in [2.45, 2.75) is 13.3 Å². The molecule has 0 aliphatic rings. The summed E-state index contributed by atoms with van der Waals surface area (Å²) >= 11 is 1.28. The Balaban J connectivity index is 2.33. The molecule has 1 aromatic rings. The van der Waals surface area contributed by atoms with Crippen LogP contribution in [0.4, 0.5) is 5.13 Å². The van der Waals surface area contributed by atoms with Crippen molar-refractivity contribution >= 4 is 26.5 Å². The van der Waals surface area contributed by atoms with Gasteiger partial charge < -0.3 is 5.32 Å². The number of nitrogens with zero attached hydrogens (tertiary/aromatic N) is 1. The van der Waals surface area contributed by atoms with E-state index in [0.717, 1.165) is 13.1 Å². The molecular formula is C8H15N3O2S2. The molecule has 0 spiro atoms. The van der Waals surface area contributed by atoms with E-state index in [1.54, 1.807) is 11.6 Å². The van der Waals surface area contributed by atoms with E-state index in [-0.39, 0.29) is 5.75 Å². The fraction of sp³-hybridized carbons (Fsp3) is 0.625. The molecule has 0 amide bonds. The lowest BCUT2D eigenvalue weighted by molar-refractivity contribution is 0.595. The number of thiazole rings is 1. The normalized spacial score (nSPS) is 11.5. The Labute approximate surface area is 94.0 Å². The van der Waals surface area contributed by atoms with Gasteiger partial charge in [0.05, 0.1) is 5.75 Å². The molecule has 15 heavy (non-hydrogen) atoms. The number of sulfonamides is 1. The molecule has 1 heterocycles. The molecule has 0 aromatic carbocycles. The van der Waals surface area contributed by atoms with E-state index in [2.05, 4.69) is 15.0 Å². The SMILES string of the molecule is CCNCCCS(=O)(=O)Nc1nccs1. The molecule has 0 aliphatic carbocycles. The first-order valence-electron chi connectivity index (χ1n) is 4.75. The molecular weight excluding hydrogens is 234 g/mol. The Hall–Kier alpha value is -0.660. The molecule has 0 radical (unpaired) electrons. The molecule has 86 valence electrons. The lowest BCUT2D eigenvalue weighted by Gasteiger charge is -2.04. The van der Waals surface area contributed by atoms with Crippen LogP contribution in [0, 0.1) is 0 Å². The molecule has 0 atom stereocenters. The van der Waals surface area contributed by atoms with E-state index in [0.29, 0.717) is 11.6 Å². The quantitative estimate of drug-likeness (QED) is 0.704. The fourth-order valence-corrected chi connectivity index (χ4v) is 2.91. The van der Waals surface area contributed by atoms with E-state index in [1.165, 1.54) is 11.3 Å². The van der Waals surface area contributed by atoms with Crippen LogP contribution in [0.3, 0.4) is 0 Å². The van der Waals surface area contributed by atoms with Crippen molar-refractivity contribution in [2.75, 3.05) is 23.6 Å². The van der Waals surface area contributed by atoms with Crippen LogP contribution in [0.25, 0.3) is 0 Å². The van der Waals surface area contributed by atoms with Crippen LogP contribution in [0.15, 0.2) is 11.6 Å². The van der Waals surface area contributed by atoms with Gasteiger partial charge in [0.2, 0.25) is 10.0 Å². The molecule has 2 N–H and O–H groups in total. The zero-order valence-electron chi connectivity index (χ0n) is 8.56. The first kappa shape index (κ1) is 12.4. The molecule has 0 aliphatic heterocycles. The molecule has 0 unspecified atom stereocenters. The Morgan fingerprint density at radius 3 is 2.93 bits per heavy atom. The number of nitrogens with one attached hydrogen (secondary N) is 2. The first-order valence-corrected chi connectivity index (χ1v) is 7.28. The highest BCUT2D eigenvalue weighted by molar-refractivity contribution is 7.92. The van der Waals surface area contributed by atoms with Crippen molar-refractivity contribution in [3.63, 3.8) is 0 Å². The highest BCUT2D eigenvalue weighted by Gasteiger charge is 2.10. The standard InChI is InChI=1S/C8H15N3O2S2/c1-2-9-4-3-7-15(12,13)11-8-10-5-6-14-8/h5-6,9H,2-4,7H2,1H3,(H,10,11). The maximum atomic E-state index is 11.5. The summed E-state index contributed by atoms with van der Waals surface area (Å²) in [6, 6.07) is 0. The summed E-state index contributed by atoms with van der Waals surface area (Å²) in [7, 11) is -3.23. The van der Waals surface area contributed by atoms with Crippen molar-refractivity contribution in [3.8, 4) is 0 Å². The van der Waals surface area contributed by atoms with Crippen LogP contribution in [0.5, 0.6) is 0 Å². The molecule has 5 nitrogen and oxygen atoms in total. The van der Waals surface area contributed by atoms with Crippen molar-refractivity contribution in [3.05, 3.63) is 11.6 Å². The summed E-state index contributed by atoms with van der Waals surface area (Å²) in [4.78, 5) is 3.86. The van der Waals surface area contributed by atoms with Gasteiger partial charge in [-0.05, 0) is 19.5 Å². The maximum Gasteiger partial charge on any atom is 0.234 e. The van der Waals surface area contributed by atoms with E-state index in [9.17, 15) is 8.42 Å². The summed E-state index contributed by atoms with van der Waals surface area (Å²) in [5.41, 5.74) is 0. The zero-order valence-corrected chi connectivity index (χ0v) is 10.2. The summed E-state index contributed by atoms with van der Waals surface area (Å²) < 4.78 is 25.4. The molecule has 1 aromatic heterocycles. The minimum Gasteiger partial charge on any atom is -0.317 e. The molecule has 0 fully saturated rings. The van der Waals surface area contributed by atoms with Crippen molar-refractivity contribution in [1.29, 1.82) is 0 Å². The average Bonchev–Trinajstić information content (AvgIpc) is 2.64. The summed E-state index contributed by atoms with van der Waals surface area (Å²) in [6.07, 6.45) is 2.18. The molecule has 0 bridgehead atoms. The molecule has 0 saturated heterocycles. The first-order chi connectivity index (χ1) is 7.14. The monoisotopic (exact) mass is 249 g/mol. The minimum absolute atomic E-state index is 0.125. The van der Waals surface area contributed by atoms with E-state index in [1.807, 2.05) is 6.92 Å². The lowest BCUT2D eigenvalue weighted by atomic mass is 10.5. The number of aromatic nitrogens is 1. The Morgan fingerprint density at radius 2 is 2.33 bits per heavy atom. The Morgan fingerprint density at radius 1 is 1.53 bits per heavy atom.